The van der Waals surface area contributed by atoms with Gasteiger partial charge >= 0.3 is 0 Å². The Morgan fingerprint density at radius 3 is 2.39 bits per heavy atom. The van der Waals surface area contributed by atoms with Crippen LogP contribution in [0.4, 0.5) is 0 Å². The Morgan fingerprint density at radius 1 is 1.00 bits per heavy atom. The number of hydrogen-bond acceptors (Lipinski definition) is 5. The molecule has 1 rings (SSSR count). The van der Waals surface area contributed by atoms with E-state index in [0.29, 0.717) is 0 Å². The minimum absolute atomic E-state index is 0.0220. The predicted molar refractivity (Wildman–Crippen MR) is 69.7 cm³/mol. The minimum atomic E-state index is -0.0220. The van der Waals surface area contributed by atoms with Gasteiger partial charge in [0.25, 0.3) is 0 Å². The lowest BCUT2D eigenvalue weighted by molar-refractivity contribution is -0.182. The molecule has 0 aromatic rings. The zero-order chi connectivity index (χ0) is 13.1. The fraction of sp³-hybridized carbons (Fsp3) is 1.00. The van der Waals surface area contributed by atoms with Crippen LogP contribution in [0.25, 0.3) is 0 Å². The summed E-state index contributed by atoms with van der Waals surface area (Å²) in [5, 5.41) is 0. The van der Waals surface area contributed by atoms with Gasteiger partial charge in [0.1, 0.15) is 0 Å². The van der Waals surface area contributed by atoms with Crippen LogP contribution in [0.5, 0.6) is 0 Å². The zero-order valence-corrected chi connectivity index (χ0v) is 11.7. The molecule has 0 aromatic heterocycles. The van der Waals surface area contributed by atoms with E-state index in [1.807, 2.05) is 0 Å². The molecule has 0 aliphatic carbocycles. The average Bonchev–Trinajstić information content (AvgIpc) is 2.42. The lowest BCUT2D eigenvalue weighted by atomic mass is 10.3. The molecule has 5 nitrogen and oxygen atoms in total. The molecular formula is C13H27NO4. The second-order valence-electron chi connectivity index (χ2n) is 4.49. The van der Waals surface area contributed by atoms with E-state index in [0.717, 1.165) is 65.3 Å². The summed E-state index contributed by atoms with van der Waals surface area (Å²) in [7, 11) is 3.48. The standard InChI is InChI=1S/C13H27NO4/c1-15-9-3-6-14(8-12-16-2)7-5-13-17-10-4-11-18-13/h13H,3-12H2,1-2H3. The highest BCUT2D eigenvalue weighted by Gasteiger charge is 2.15. The van der Waals surface area contributed by atoms with Crippen molar-refractivity contribution in [1.29, 1.82) is 0 Å². The Hall–Kier alpha value is -0.200. The summed E-state index contributed by atoms with van der Waals surface area (Å²) in [4.78, 5) is 2.38. The predicted octanol–water partition coefficient (Wildman–Crippen LogP) is 1.12. The largest absolute Gasteiger partial charge is 0.385 e. The zero-order valence-electron chi connectivity index (χ0n) is 11.7. The number of rotatable bonds is 10. The molecule has 0 atom stereocenters. The van der Waals surface area contributed by atoms with E-state index in [-0.39, 0.29) is 6.29 Å². The summed E-state index contributed by atoms with van der Waals surface area (Å²) in [6.07, 6.45) is 2.97. The number of nitrogens with zero attached hydrogens (tertiary/aromatic N) is 1. The van der Waals surface area contributed by atoms with Crippen molar-refractivity contribution in [3.8, 4) is 0 Å². The fourth-order valence-electron chi connectivity index (χ4n) is 1.98. The lowest BCUT2D eigenvalue weighted by Crippen LogP contribution is -2.34. The maximum atomic E-state index is 5.55. The van der Waals surface area contributed by atoms with Crippen LogP contribution < -0.4 is 0 Å². The average molecular weight is 261 g/mol. The van der Waals surface area contributed by atoms with Crippen molar-refractivity contribution < 1.29 is 18.9 Å². The van der Waals surface area contributed by atoms with Crippen molar-refractivity contribution in [2.75, 3.05) is 60.3 Å². The number of hydrogen-bond donors (Lipinski definition) is 0. The molecule has 0 amide bonds. The molecular weight excluding hydrogens is 234 g/mol. The van der Waals surface area contributed by atoms with Crippen LogP contribution in [0, 0.1) is 0 Å². The van der Waals surface area contributed by atoms with Crippen LogP contribution in [0.3, 0.4) is 0 Å². The summed E-state index contributed by atoms with van der Waals surface area (Å²) >= 11 is 0. The highest BCUT2D eigenvalue weighted by atomic mass is 16.7. The molecule has 0 spiro atoms. The van der Waals surface area contributed by atoms with Gasteiger partial charge in [0, 0.05) is 46.9 Å². The van der Waals surface area contributed by atoms with E-state index in [4.69, 9.17) is 18.9 Å². The second kappa shape index (κ2) is 10.7. The van der Waals surface area contributed by atoms with E-state index in [9.17, 15) is 0 Å². The minimum Gasteiger partial charge on any atom is -0.385 e. The van der Waals surface area contributed by atoms with Gasteiger partial charge in [-0.15, -0.1) is 0 Å². The molecule has 1 heterocycles. The van der Waals surface area contributed by atoms with Gasteiger partial charge in [0.05, 0.1) is 19.8 Å². The van der Waals surface area contributed by atoms with Gasteiger partial charge in [-0.25, -0.2) is 0 Å². The summed E-state index contributed by atoms with van der Waals surface area (Å²) in [5.41, 5.74) is 0. The normalized spacial score (nSPS) is 17.5. The monoisotopic (exact) mass is 261 g/mol. The van der Waals surface area contributed by atoms with E-state index in [1.165, 1.54) is 0 Å². The SMILES string of the molecule is COCCCN(CCOC)CCC1OCCCO1. The molecule has 18 heavy (non-hydrogen) atoms. The first-order chi connectivity index (χ1) is 8.86. The van der Waals surface area contributed by atoms with Crippen LogP contribution in [-0.2, 0) is 18.9 Å². The van der Waals surface area contributed by atoms with Crippen molar-refractivity contribution in [3.63, 3.8) is 0 Å². The molecule has 1 saturated heterocycles. The molecule has 0 bridgehead atoms. The summed E-state index contributed by atoms with van der Waals surface area (Å²) in [5.74, 6) is 0. The first-order valence-corrected chi connectivity index (χ1v) is 6.80. The highest BCUT2D eigenvalue weighted by molar-refractivity contribution is 4.61. The smallest absolute Gasteiger partial charge is 0.158 e. The third-order valence-corrected chi connectivity index (χ3v) is 3.01. The maximum Gasteiger partial charge on any atom is 0.158 e. The Bertz CT molecular complexity index is 186. The fourth-order valence-corrected chi connectivity index (χ4v) is 1.98. The van der Waals surface area contributed by atoms with Crippen molar-refractivity contribution in [2.45, 2.75) is 25.6 Å². The molecule has 0 N–H and O–H groups in total. The quantitative estimate of drug-likeness (QED) is 0.551. The van der Waals surface area contributed by atoms with Crippen molar-refractivity contribution in [3.05, 3.63) is 0 Å². The third-order valence-electron chi connectivity index (χ3n) is 3.01. The first kappa shape index (κ1) is 15.9. The molecule has 108 valence electrons. The summed E-state index contributed by atoms with van der Waals surface area (Å²) < 4.78 is 21.3. The maximum absolute atomic E-state index is 5.55. The van der Waals surface area contributed by atoms with Gasteiger partial charge in [-0.3, -0.25) is 0 Å². The van der Waals surface area contributed by atoms with Crippen LogP contribution >= 0.6 is 0 Å². The molecule has 0 aromatic carbocycles. The topological polar surface area (TPSA) is 40.2 Å². The van der Waals surface area contributed by atoms with Gasteiger partial charge in [0.15, 0.2) is 6.29 Å². The molecule has 1 aliphatic rings. The van der Waals surface area contributed by atoms with Crippen LogP contribution in [0.15, 0.2) is 0 Å². The van der Waals surface area contributed by atoms with Gasteiger partial charge in [0.2, 0.25) is 0 Å². The van der Waals surface area contributed by atoms with Crippen molar-refractivity contribution in [1.82, 2.24) is 4.90 Å². The lowest BCUT2D eigenvalue weighted by Gasteiger charge is -2.27. The Labute approximate surface area is 110 Å². The van der Waals surface area contributed by atoms with E-state index >= 15 is 0 Å². The summed E-state index contributed by atoms with van der Waals surface area (Å²) in [6, 6.07) is 0. The second-order valence-corrected chi connectivity index (χ2v) is 4.49. The highest BCUT2D eigenvalue weighted by Crippen LogP contribution is 2.09. The van der Waals surface area contributed by atoms with Gasteiger partial charge in [-0.05, 0) is 12.8 Å². The Kier molecular flexibility index (Phi) is 9.42. The number of methoxy groups -OCH3 is 2. The van der Waals surface area contributed by atoms with E-state index < -0.39 is 0 Å². The van der Waals surface area contributed by atoms with Crippen molar-refractivity contribution >= 4 is 0 Å². The molecule has 0 saturated carbocycles. The first-order valence-electron chi connectivity index (χ1n) is 6.80. The number of ether oxygens (including phenoxy) is 4. The third kappa shape index (κ3) is 7.28. The molecule has 5 heteroatoms. The van der Waals surface area contributed by atoms with Crippen LogP contribution in [0.2, 0.25) is 0 Å². The van der Waals surface area contributed by atoms with Gasteiger partial charge < -0.3 is 23.8 Å². The summed E-state index contributed by atoms with van der Waals surface area (Å²) in [6.45, 7) is 6.19. The molecule has 1 fully saturated rings. The van der Waals surface area contributed by atoms with E-state index in [2.05, 4.69) is 4.90 Å². The van der Waals surface area contributed by atoms with Gasteiger partial charge in [-0.2, -0.15) is 0 Å². The van der Waals surface area contributed by atoms with Crippen LogP contribution in [0.1, 0.15) is 19.3 Å². The Morgan fingerprint density at radius 2 is 1.72 bits per heavy atom. The van der Waals surface area contributed by atoms with E-state index in [1.54, 1.807) is 14.2 Å². The molecule has 1 aliphatic heterocycles. The van der Waals surface area contributed by atoms with Crippen LogP contribution in [-0.4, -0.2) is 71.5 Å². The Balaban J connectivity index is 2.16. The molecule has 0 unspecified atom stereocenters. The van der Waals surface area contributed by atoms with Gasteiger partial charge in [-0.1, -0.05) is 0 Å². The van der Waals surface area contributed by atoms with Crippen molar-refractivity contribution in [2.24, 2.45) is 0 Å². The molecule has 0 radical (unpaired) electrons.